The Kier molecular flexibility index (Phi) is 6.23. The minimum absolute atomic E-state index is 0.263. The molecule has 0 fully saturated rings. The fourth-order valence-electron chi connectivity index (χ4n) is 4.11. The molecule has 10 nitrogen and oxygen atoms in total. The molecule has 182 valence electrons. The largest absolute Gasteiger partial charge is 0.464 e. The number of nitrogens with zero attached hydrogens (tertiary/aromatic N) is 5. The maximum absolute atomic E-state index is 13.2. The van der Waals surface area contributed by atoms with Gasteiger partial charge in [0, 0.05) is 38.3 Å². The molecular weight excluding hydrogens is 458 g/mol. The number of methoxy groups -OCH3 is 1. The summed E-state index contributed by atoms with van der Waals surface area (Å²) in [7, 11) is 3.29. The molecule has 0 saturated heterocycles. The van der Waals surface area contributed by atoms with E-state index < -0.39 is 12.1 Å². The number of carbonyl (C=O) groups is 1. The Morgan fingerprint density at radius 1 is 1.14 bits per heavy atom. The number of fused-ring (bicyclic) bond motifs is 1. The van der Waals surface area contributed by atoms with Crippen molar-refractivity contribution >= 4 is 17.5 Å². The number of likely N-dealkylation sites (N-methyl/N-ethyl adjacent to an activating group) is 1. The van der Waals surface area contributed by atoms with Gasteiger partial charge in [-0.05, 0) is 29.8 Å². The average molecular weight is 484 g/mol. The van der Waals surface area contributed by atoms with Crippen LogP contribution in [0.2, 0.25) is 0 Å². The topological polar surface area (TPSA) is 104 Å². The highest BCUT2D eigenvalue weighted by Gasteiger charge is 2.37. The molecule has 2 aromatic heterocycles. The van der Waals surface area contributed by atoms with Crippen molar-refractivity contribution in [3.05, 3.63) is 113 Å². The van der Waals surface area contributed by atoms with Gasteiger partial charge in [-0.15, -0.1) is 0 Å². The van der Waals surface area contributed by atoms with Gasteiger partial charge in [0.25, 0.3) is 5.56 Å². The number of carbonyl (C=O) groups excluding carboxylic acids is 1. The zero-order chi connectivity index (χ0) is 25.1. The number of hydrogen-bond acceptors (Lipinski definition) is 9. The highest BCUT2D eigenvalue weighted by Crippen LogP contribution is 2.27. The van der Waals surface area contributed by atoms with Crippen molar-refractivity contribution in [1.82, 2.24) is 24.8 Å². The molecule has 0 amide bonds. The van der Waals surface area contributed by atoms with Crippen LogP contribution in [-0.4, -0.2) is 51.6 Å². The number of ether oxygens (including phenoxy) is 1. The first-order valence-electron chi connectivity index (χ1n) is 11.3. The Morgan fingerprint density at radius 3 is 2.69 bits per heavy atom. The summed E-state index contributed by atoms with van der Waals surface area (Å²) in [5.74, 6) is 0.392. The molecule has 0 radical (unpaired) electrons. The second kappa shape index (κ2) is 9.79. The first-order chi connectivity index (χ1) is 17.5. The lowest BCUT2D eigenvalue weighted by Gasteiger charge is -2.35. The number of nitrogens with one attached hydrogen (secondary N) is 2. The normalized spacial score (nSPS) is 16.2. The van der Waals surface area contributed by atoms with E-state index in [2.05, 4.69) is 37.8 Å². The second-order valence-electron chi connectivity index (χ2n) is 8.24. The standard InChI is InChI=1S/C26H25N7O3/c1-31(17-18-9-4-3-5-10-18)20-15-22(30-33-21(26(35)36-2)16-28-24(20)33)29-19-11-8-14-32(25(19)34)23-12-6-7-13-27-23/h3-16,24,28H,17H2,1-2H3,(H,29,30). The molecule has 0 spiro atoms. The van der Waals surface area contributed by atoms with E-state index in [1.54, 1.807) is 47.9 Å². The molecule has 2 N–H and O–H groups in total. The fourth-order valence-corrected chi connectivity index (χ4v) is 4.11. The highest BCUT2D eigenvalue weighted by molar-refractivity contribution is 6.05. The number of anilines is 1. The average Bonchev–Trinajstić information content (AvgIpc) is 3.34. The molecule has 1 unspecified atom stereocenters. The van der Waals surface area contributed by atoms with Crippen molar-refractivity contribution < 1.29 is 9.53 Å². The molecule has 5 rings (SSSR count). The summed E-state index contributed by atoms with van der Waals surface area (Å²) in [5.41, 5.74) is 2.28. The van der Waals surface area contributed by atoms with Gasteiger partial charge < -0.3 is 20.3 Å². The number of pyridine rings is 2. The molecule has 1 aromatic carbocycles. The van der Waals surface area contributed by atoms with E-state index in [1.807, 2.05) is 37.4 Å². The second-order valence-corrected chi connectivity index (χ2v) is 8.24. The van der Waals surface area contributed by atoms with Crippen LogP contribution in [0.15, 0.2) is 107 Å². The summed E-state index contributed by atoms with van der Waals surface area (Å²) in [6.07, 6.45) is 6.34. The van der Waals surface area contributed by atoms with Gasteiger partial charge in [0.05, 0.1) is 12.8 Å². The summed E-state index contributed by atoms with van der Waals surface area (Å²) in [6.45, 7) is 0.636. The zero-order valence-corrected chi connectivity index (χ0v) is 19.8. The molecule has 0 bridgehead atoms. The molecule has 3 aromatic rings. The third kappa shape index (κ3) is 4.43. The molecular formula is C26H25N7O3. The van der Waals surface area contributed by atoms with Gasteiger partial charge >= 0.3 is 5.97 Å². The van der Waals surface area contributed by atoms with E-state index in [0.717, 1.165) is 11.3 Å². The molecule has 1 atom stereocenters. The van der Waals surface area contributed by atoms with Crippen molar-refractivity contribution in [3.63, 3.8) is 0 Å². The zero-order valence-electron chi connectivity index (χ0n) is 19.8. The van der Waals surface area contributed by atoms with Crippen LogP contribution in [-0.2, 0) is 16.1 Å². The lowest BCUT2D eigenvalue weighted by atomic mass is 10.1. The smallest absolute Gasteiger partial charge is 0.357 e. The van der Waals surface area contributed by atoms with Crippen LogP contribution in [0.5, 0.6) is 0 Å². The summed E-state index contributed by atoms with van der Waals surface area (Å²) < 4.78 is 6.40. The van der Waals surface area contributed by atoms with Gasteiger partial charge in [0.15, 0.2) is 17.7 Å². The van der Waals surface area contributed by atoms with E-state index in [9.17, 15) is 9.59 Å². The lowest BCUT2D eigenvalue weighted by Crippen LogP contribution is -2.45. The predicted molar refractivity (Wildman–Crippen MR) is 136 cm³/mol. The van der Waals surface area contributed by atoms with Gasteiger partial charge in [-0.25, -0.2) is 14.8 Å². The van der Waals surface area contributed by atoms with Gasteiger partial charge in [0.1, 0.15) is 11.5 Å². The van der Waals surface area contributed by atoms with Crippen molar-refractivity contribution in [1.29, 1.82) is 0 Å². The SMILES string of the molecule is COC(=O)C1=CNC2C(N(C)Cc3ccccc3)=CC(Nc3cccn(-c4ccccn4)c3=O)=NN12. The number of hydrogen-bond donors (Lipinski definition) is 2. The number of rotatable bonds is 6. The molecule has 2 aliphatic heterocycles. The van der Waals surface area contributed by atoms with Gasteiger partial charge in [-0.3, -0.25) is 9.36 Å². The Morgan fingerprint density at radius 2 is 1.94 bits per heavy atom. The third-order valence-corrected chi connectivity index (χ3v) is 5.85. The lowest BCUT2D eigenvalue weighted by molar-refractivity contribution is -0.138. The van der Waals surface area contributed by atoms with Crippen LogP contribution in [0.1, 0.15) is 5.56 Å². The third-order valence-electron chi connectivity index (χ3n) is 5.85. The summed E-state index contributed by atoms with van der Waals surface area (Å²) in [5, 5.41) is 12.5. The van der Waals surface area contributed by atoms with E-state index in [4.69, 9.17) is 4.74 Å². The Balaban J connectivity index is 1.49. The quantitative estimate of drug-likeness (QED) is 0.515. The van der Waals surface area contributed by atoms with Crippen LogP contribution in [0.4, 0.5) is 5.69 Å². The monoisotopic (exact) mass is 483 g/mol. The summed E-state index contributed by atoms with van der Waals surface area (Å²) in [6, 6.07) is 18.9. The van der Waals surface area contributed by atoms with Crippen molar-refractivity contribution in [2.75, 3.05) is 19.5 Å². The number of hydrazone groups is 1. The maximum atomic E-state index is 13.2. The number of amidine groups is 1. The van der Waals surface area contributed by atoms with Crippen LogP contribution in [0.25, 0.3) is 5.82 Å². The number of esters is 1. The van der Waals surface area contributed by atoms with Crippen molar-refractivity contribution in [2.24, 2.45) is 5.10 Å². The first kappa shape index (κ1) is 22.9. The van der Waals surface area contributed by atoms with Gasteiger partial charge in [-0.2, -0.15) is 5.10 Å². The molecule has 36 heavy (non-hydrogen) atoms. The minimum Gasteiger partial charge on any atom is -0.464 e. The van der Waals surface area contributed by atoms with Crippen LogP contribution in [0.3, 0.4) is 0 Å². The highest BCUT2D eigenvalue weighted by atomic mass is 16.5. The van der Waals surface area contributed by atoms with E-state index in [-0.39, 0.29) is 11.3 Å². The van der Waals surface area contributed by atoms with E-state index >= 15 is 0 Å². The number of benzene rings is 1. The Hall–Kier alpha value is -4.86. The molecule has 2 aliphatic rings. The van der Waals surface area contributed by atoms with Crippen molar-refractivity contribution in [3.8, 4) is 5.82 Å². The molecule has 0 aliphatic carbocycles. The first-order valence-corrected chi connectivity index (χ1v) is 11.3. The van der Waals surface area contributed by atoms with Crippen LogP contribution in [0, 0.1) is 0 Å². The Bertz CT molecular complexity index is 1410. The van der Waals surface area contributed by atoms with Crippen molar-refractivity contribution in [2.45, 2.75) is 12.7 Å². The summed E-state index contributed by atoms with van der Waals surface area (Å²) >= 11 is 0. The number of aromatic nitrogens is 2. The molecule has 10 heteroatoms. The summed E-state index contributed by atoms with van der Waals surface area (Å²) in [4.78, 5) is 31.9. The van der Waals surface area contributed by atoms with Gasteiger partial charge in [-0.1, -0.05) is 36.4 Å². The van der Waals surface area contributed by atoms with Crippen LogP contribution >= 0.6 is 0 Å². The fraction of sp³-hybridized carbons (Fsp3) is 0.154. The molecule has 0 saturated carbocycles. The van der Waals surface area contributed by atoms with E-state index in [0.29, 0.717) is 23.9 Å². The van der Waals surface area contributed by atoms with E-state index in [1.165, 1.54) is 11.7 Å². The van der Waals surface area contributed by atoms with Crippen LogP contribution < -0.4 is 16.2 Å². The van der Waals surface area contributed by atoms with Gasteiger partial charge in [0.2, 0.25) is 0 Å². The molecule has 4 heterocycles. The predicted octanol–water partition coefficient (Wildman–Crippen LogP) is 2.23. The maximum Gasteiger partial charge on any atom is 0.357 e. The minimum atomic E-state index is -0.516. The Labute approximate surface area is 207 Å².